The van der Waals surface area contributed by atoms with Crippen molar-refractivity contribution < 1.29 is 0 Å². The fourth-order valence-electron chi connectivity index (χ4n) is 3.04. The van der Waals surface area contributed by atoms with Gasteiger partial charge in [-0.15, -0.1) is 0 Å². The molecule has 2 nitrogen and oxygen atoms in total. The van der Waals surface area contributed by atoms with Crippen LogP contribution in [0.5, 0.6) is 0 Å². The Kier molecular flexibility index (Phi) is 4.64. The van der Waals surface area contributed by atoms with Crippen LogP contribution in [-0.4, -0.2) is 37.6 Å². The zero-order valence-electron chi connectivity index (χ0n) is 12.9. The van der Waals surface area contributed by atoms with E-state index in [1.807, 2.05) is 0 Å². The molecule has 2 rings (SSSR count). The van der Waals surface area contributed by atoms with Crippen molar-refractivity contribution in [1.29, 1.82) is 0 Å². The second-order valence-electron chi connectivity index (χ2n) is 6.47. The molecule has 0 spiro atoms. The molecule has 106 valence electrons. The van der Waals surface area contributed by atoms with Crippen molar-refractivity contribution in [3.63, 3.8) is 0 Å². The Morgan fingerprint density at radius 1 is 1.21 bits per heavy atom. The molecule has 0 aromatic heterocycles. The van der Waals surface area contributed by atoms with Crippen molar-refractivity contribution in [2.45, 2.75) is 44.6 Å². The van der Waals surface area contributed by atoms with Crippen LogP contribution in [0.1, 0.15) is 43.7 Å². The minimum absolute atomic E-state index is 0.289. The van der Waals surface area contributed by atoms with Crippen LogP contribution in [0, 0.1) is 0 Å². The van der Waals surface area contributed by atoms with Gasteiger partial charge in [0.15, 0.2) is 0 Å². The van der Waals surface area contributed by atoms with Gasteiger partial charge in [0, 0.05) is 12.1 Å². The second kappa shape index (κ2) is 6.06. The largest absolute Gasteiger partial charge is 0.315 e. The van der Waals surface area contributed by atoms with Crippen LogP contribution in [0.3, 0.4) is 0 Å². The van der Waals surface area contributed by atoms with Gasteiger partial charge in [-0.2, -0.15) is 0 Å². The summed E-state index contributed by atoms with van der Waals surface area (Å²) in [5.74, 6) is 0.619. The van der Waals surface area contributed by atoms with Gasteiger partial charge in [-0.3, -0.25) is 0 Å². The van der Waals surface area contributed by atoms with E-state index in [9.17, 15) is 0 Å². The monoisotopic (exact) mass is 260 g/mol. The molecule has 1 atom stereocenters. The van der Waals surface area contributed by atoms with Crippen LogP contribution in [0.2, 0.25) is 0 Å². The number of rotatable bonds is 4. The first kappa shape index (κ1) is 14.5. The number of piperidine rings is 1. The summed E-state index contributed by atoms with van der Waals surface area (Å²) in [6.07, 6.45) is 3.71. The highest BCUT2D eigenvalue weighted by molar-refractivity contribution is 5.26. The predicted molar refractivity (Wildman–Crippen MR) is 82.8 cm³/mol. The zero-order chi connectivity index (χ0) is 13.9. The molecule has 1 N–H and O–H groups in total. The molecule has 1 aliphatic heterocycles. The third-order valence-electron chi connectivity index (χ3n) is 4.58. The van der Waals surface area contributed by atoms with E-state index in [1.54, 1.807) is 0 Å². The van der Waals surface area contributed by atoms with Gasteiger partial charge in [-0.25, -0.2) is 0 Å². The average Bonchev–Trinajstić information content (AvgIpc) is 2.40. The van der Waals surface area contributed by atoms with Crippen LogP contribution in [0.4, 0.5) is 0 Å². The van der Waals surface area contributed by atoms with Crippen LogP contribution in [0.25, 0.3) is 0 Å². The Labute approximate surface area is 118 Å². The average molecular weight is 260 g/mol. The standard InChI is InChI=1S/C17H28N2/c1-14(2)16-8-6-15(7-9-16)12-17(19(3)4)10-5-11-18-13-17/h6-9,14,18H,5,10-13H2,1-4H3. The topological polar surface area (TPSA) is 15.3 Å². The number of nitrogens with one attached hydrogen (secondary N) is 1. The highest BCUT2D eigenvalue weighted by atomic mass is 15.2. The lowest BCUT2D eigenvalue weighted by molar-refractivity contribution is 0.114. The first-order valence-electron chi connectivity index (χ1n) is 7.50. The van der Waals surface area contributed by atoms with E-state index in [1.165, 1.54) is 30.5 Å². The summed E-state index contributed by atoms with van der Waals surface area (Å²) in [5.41, 5.74) is 3.18. The minimum atomic E-state index is 0.289. The van der Waals surface area contributed by atoms with Gasteiger partial charge in [-0.1, -0.05) is 38.1 Å². The van der Waals surface area contributed by atoms with Crippen LogP contribution in [-0.2, 0) is 6.42 Å². The van der Waals surface area contributed by atoms with Gasteiger partial charge in [0.25, 0.3) is 0 Å². The van der Waals surface area contributed by atoms with Crippen LogP contribution >= 0.6 is 0 Å². The second-order valence-corrected chi connectivity index (χ2v) is 6.47. The third kappa shape index (κ3) is 3.37. The van der Waals surface area contributed by atoms with Gasteiger partial charge in [0.2, 0.25) is 0 Å². The molecule has 1 saturated heterocycles. The molecule has 0 aliphatic carbocycles. The summed E-state index contributed by atoms with van der Waals surface area (Å²) < 4.78 is 0. The van der Waals surface area contributed by atoms with Crippen molar-refractivity contribution >= 4 is 0 Å². The summed E-state index contributed by atoms with van der Waals surface area (Å²) >= 11 is 0. The predicted octanol–water partition coefficient (Wildman–Crippen LogP) is 3.04. The molecule has 0 saturated carbocycles. The molecule has 0 bridgehead atoms. The summed E-state index contributed by atoms with van der Waals surface area (Å²) in [7, 11) is 4.44. The third-order valence-corrected chi connectivity index (χ3v) is 4.58. The van der Waals surface area contributed by atoms with E-state index >= 15 is 0 Å². The van der Waals surface area contributed by atoms with Gasteiger partial charge in [-0.05, 0) is 56.9 Å². The summed E-state index contributed by atoms with van der Waals surface area (Å²) in [6.45, 7) is 6.77. The molecule has 1 unspecified atom stereocenters. The number of benzene rings is 1. The Hall–Kier alpha value is -0.860. The van der Waals surface area contributed by atoms with E-state index in [4.69, 9.17) is 0 Å². The molecule has 0 radical (unpaired) electrons. The highest BCUT2D eigenvalue weighted by Crippen LogP contribution is 2.27. The van der Waals surface area contributed by atoms with Crippen molar-refractivity contribution in [1.82, 2.24) is 10.2 Å². The molecule has 1 aliphatic rings. The maximum Gasteiger partial charge on any atom is 0.0368 e. The van der Waals surface area contributed by atoms with Gasteiger partial charge >= 0.3 is 0 Å². The van der Waals surface area contributed by atoms with Gasteiger partial charge < -0.3 is 10.2 Å². The summed E-state index contributed by atoms with van der Waals surface area (Å²) in [6, 6.07) is 9.21. The van der Waals surface area contributed by atoms with E-state index in [0.717, 1.165) is 13.0 Å². The van der Waals surface area contributed by atoms with Crippen molar-refractivity contribution in [3.8, 4) is 0 Å². The Balaban J connectivity index is 2.13. The van der Waals surface area contributed by atoms with Crippen molar-refractivity contribution in [2.24, 2.45) is 0 Å². The maximum absolute atomic E-state index is 3.57. The van der Waals surface area contributed by atoms with Gasteiger partial charge in [0.05, 0.1) is 0 Å². The lowest BCUT2D eigenvalue weighted by Gasteiger charge is -2.43. The Morgan fingerprint density at radius 3 is 2.37 bits per heavy atom. The molecule has 0 amide bonds. The van der Waals surface area contributed by atoms with Crippen LogP contribution < -0.4 is 5.32 Å². The fraction of sp³-hybridized carbons (Fsp3) is 0.647. The quantitative estimate of drug-likeness (QED) is 0.895. The molecule has 2 heteroatoms. The maximum atomic E-state index is 3.57. The molecule has 1 aromatic carbocycles. The van der Waals surface area contributed by atoms with Crippen LogP contribution in [0.15, 0.2) is 24.3 Å². The Bertz CT molecular complexity index is 386. The van der Waals surface area contributed by atoms with E-state index in [2.05, 4.69) is 62.4 Å². The summed E-state index contributed by atoms with van der Waals surface area (Å²) in [4.78, 5) is 2.41. The first-order chi connectivity index (χ1) is 9.03. The number of likely N-dealkylation sites (N-methyl/N-ethyl adjacent to an activating group) is 1. The van der Waals surface area contributed by atoms with E-state index < -0.39 is 0 Å². The first-order valence-corrected chi connectivity index (χ1v) is 7.50. The Morgan fingerprint density at radius 2 is 1.89 bits per heavy atom. The lowest BCUT2D eigenvalue weighted by Crippen LogP contribution is -2.56. The molecule has 1 fully saturated rings. The lowest BCUT2D eigenvalue weighted by atomic mass is 9.82. The van der Waals surface area contributed by atoms with Crippen molar-refractivity contribution in [2.75, 3.05) is 27.2 Å². The normalized spacial score (nSPS) is 24.1. The molecular weight excluding hydrogens is 232 g/mol. The number of hydrogen-bond donors (Lipinski definition) is 1. The summed E-state index contributed by atoms with van der Waals surface area (Å²) in [5, 5.41) is 3.57. The molecule has 19 heavy (non-hydrogen) atoms. The highest BCUT2D eigenvalue weighted by Gasteiger charge is 2.34. The van der Waals surface area contributed by atoms with Crippen molar-refractivity contribution in [3.05, 3.63) is 35.4 Å². The molecule has 1 aromatic rings. The minimum Gasteiger partial charge on any atom is -0.315 e. The SMILES string of the molecule is CC(C)c1ccc(CC2(N(C)C)CCCNC2)cc1. The zero-order valence-corrected chi connectivity index (χ0v) is 12.9. The van der Waals surface area contributed by atoms with E-state index in [0.29, 0.717) is 5.92 Å². The fourth-order valence-corrected chi connectivity index (χ4v) is 3.04. The molecular formula is C17H28N2. The number of nitrogens with zero attached hydrogens (tertiary/aromatic N) is 1. The number of hydrogen-bond acceptors (Lipinski definition) is 2. The van der Waals surface area contributed by atoms with E-state index in [-0.39, 0.29) is 5.54 Å². The smallest absolute Gasteiger partial charge is 0.0368 e. The molecule has 1 heterocycles. The van der Waals surface area contributed by atoms with Gasteiger partial charge in [0.1, 0.15) is 0 Å².